The largest absolute Gasteiger partial charge is 0.496 e. The van der Waals surface area contributed by atoms with Gasteiger partial charge in [-0.05, 0) is 48.5 Å². The van der Waals surface area contributed by atoms with Crippen LogP contribution in [0.5, 0.6) is 5.75 Å². The second-order valence-corrected chi connectivity index (χ2v) is 8.87. The molecule has 3 aromatic rings. The minimum absolute atomic E-state index is 0.0591. The third-order valence-electron chi connectivity index (χ3n) is 5.71. The van der Waals surface area contributed by atoms with Crippen molar-refractivity contribution in [2.24, 2.45) is 0 Å². The van der Waals surface area contributed by atoms with E-state index in [9.17, 15) is 9.59 Å². The second-order valence-electron chi connectivity index (χ2n) is 7.81. The molecule has 7 heteroatoms. The molecule has 33 heavy (non-hydrogen) atoms. The fourth-order valence-electron chi connectivity index (χ4n) is 4.05. The van der Waals surface area contributed by atoms with Gasteiger partial charge in [0.05, 0.1) is 25.8 Å². The van der Waals surface area contributed by atoms with Crippen molar-refractivity contribution in [3.8, 4) is 5.75 Å². The van der Waals surface area contributed by atoms with E-state index in [-0.39, 0.29) is 18.2 Å². The maximum absolute atomic E-state index is 13.4. The zero-order valence-corrected chi connectivity index (χ0v) is 19.0. The maximum Gasteiger partial charge on any atom is 0.258 e. The van der Waals surface area contributed by atoms with Gasteiger partial charge < -0.3 is 19.5 Å². The van der Waals surface area contributed by atoms with Crippen LogP contribution in [0.4, 0.5) is 5.69 Å². The maximum atomic E-state index is 13.4. The van der Waals surface area contributed by atoms with Crippen LogP contribution in [-0.4, -0.2) is 34.1 Å². The summed E-state index contributed by atoms with van der Waals surface area (Å²) in [6.45, 7) is 0.510. The molecule has 2 aliphatic heterocycles. The Bertz CT molecular complexity index is 1270. The van der Waals surface area contributed by atoms with Crippen LogP contribution in [0.15, 0.2) is 83.5 Å². The molecule has 0 saturated carbocycles. The highest BCUT2D eigenvalue weighted by molar-refractivity contribution is 8.03. The van der Waals surface area contributed by atoms with Crippen molar-refractivity contribution in [3.63, 3.8) is 0 Å². The lowest BCUT2D eigenvalue weighted by molar-refractivity contribution is -0.115. The van der Waals surface area contributed by atoms with Crippen LogP contribution in [0.2, 0.25) is 0 Å². The van der Waals surface area contributed by atoms with E-state index in [4.69, 9.17) is 4.74 Å². The van der Waals surface area contributed by atoms with Gasteiger partial charge in [0, 0.05) is 45.6 Å². The second kappa shape index (κ2) is 9.03. The summed E-state index contributed by atoms with van der Waals surface area (Å²) in [7, 11) is 1.59. The van der Waals surface area contributed by atoms with Gasteiger partial charge in [0.25, 0.3) is 5.91 Å². The smallest absolute Gasteiger partial charge is 0.258 e. The summed E-state index contributed by atoms with van der Waals surface area (Å²) in [5.41, 5.74) is 4.07. The molecule has 6 nitrogen and oxygen atoms in total. The van der Waals surface area contributed by atoms with Crippen LogP contribution < -0.4 is 10.1 Å². The summed E-state index contributed by atoms with van der Waals surface area (Å²) in [6, 6.07) is 18.5. The number of thioether (sulfide) groups is 1. The molecule has 2 aromatic carbocycles. The van der Waals surface area contributed by atoms with E-state index < -0.39 is 0 Å². The topological polar surface area (TPSA) is 63.6 Å². The molecule has 0 bridgehead atoms. The molecule has 1 aromatic heterocycles. The molecule has 166 valence electrons. The zero-order chi connectivity index (χ0) is 22.8. The quantitative estimate of drug-likeness (QED) is 0.600. The average Bonchev–Trinajstić information content (AvgIpc) is 3.45. The van der Waals surface area contributed by atoms with Crippen molar-refractivity contribution in [2.45, 2.75) is 13.0 Å². The molecule has 5 rings (SSSR count). The number of hydrogen-bond donors (Lipinski definition) is 1. The van der Waals surface area contributed by atoms with Crippen molar-refractivity contribution >= 4 is 35.5 Å². The minimum Gasteiger partial charge on any atom is -0.496 e. The number of anilines is 1. The molecule has 2 aliphatic rings. The highest BCUT2D eigenvalue weighted by atomic mass is 32.2. The number of carbonyl (C=O) groups is 2. The number of fused-ring (bicyclic) bond motifs is 2. The monoisotopic (exact) mass is 457 g/mol. The first kappa shape index (κ1) is 21.2. The number of nitrogens with one attached hydrogen (secondary N) is 1. The van der Waals surface area contributed by atoms with Gasteiger partial charge in [-0.25, -0.2) is 0 Å². The summed E-state index contributed by atoms with van der Waals surface area (Å²) in [6.07, 6.45) is 6.41. The summed E-state index contributed by atoms with van der Waals surface area (Å²) >= 11 is 1.73. The van der Waals surface area contributed by atoms with Crippen LogP contribution in [0.3, 0.4) is 0 Å². The van der Waals surface area contributed by atoms with Gasteiger partial charge >= 0.3 is 0 Å². The number of benzene rings is 2. The normalized spacial score (nSPS) is 14.5. The first-order valence-corrected chi connectivity index (χ1v) is 11.7. The first-order valence-electron chi connectivity index (χ1n) is 10.7. The van der Waals surface area contributed by atoms with Gasteiger partial charge in [-0.1, -0.05) is 18.2 Å². The summed E-state index contributed by atoms with van der Waals surface area (Å²) in [5, 5.41) is 2.90. The molecule has 2 amide bonds. The van der Waals surface area contributed by atoms with E-state index in [2.05, 4.69) is 22.2 Å². The van der Waals surface area contributed by atoms with Gasteiger partial charge in [-0.2, -0.15) is 0 Å². The standard InChI is InChI=1S/C26H23N3O3S/c1-32-23-7-3-2-5-19(23)15-25(30)27-20-10-8-18(9-11-20)26(31)29-16-21-6-4-13-28(21)17-24-22(29)12-14-33-24/h2-13,17H,14-16H2,1H3,(H,27,30). The molecule has 0 atom stereocenters. The lowest BCUT2D eigenvalue weighted by Gasteiger charge is -2.23. The Balaban J connectivity index is 1.30. The lowest BCUT2D eigenvalue weighted by atomic mass is 10.1. The van der Waals surface area contributed by atoms with E-state index in [1.54, 1.807) is 43.1 Å². The van der Waals surface area contributed by atoms with E-state index in [0.717, 1.165) is 27.6 Å². The highest BCUT2D eigenvalue weighted by Crippen LogP contribution is 2.37. The number of methoxy groups -OCH3 is 1. The van der Waals surface area contributed by atoms with Gasteiger partial charge in [0.15, 0.2) is 0 Å². The van der Waals surface area contributed by atoms with E-state index in [1.165, 1.54) is 0 Å². The SMILES string of the molecule is COc1ccccc1CC(=O)Nc1ccc(C(=O)N2Cc3cccn3C=C3SCC=C32)cc1. The molecule has 0 radical (unpaired) electrons. The van der Waals surface area contributed by atoms with Crippen molar-refractivity contribution in [2.75, 3.05) is 18.2 Å². The number of hydrogen-bond acceptors (Lipinski definition) is 4. The number of amides is 2. The third kappa shape index (κ3) is 4.32. The number of nitrogens with zero attached hydrogens (tertiary/aromatic N) is 2. The van der Waals surface area contributed by atoms with Gasteiger partial charge in [-0.3, -0.25) is 9.59 Å². The Kier molecular flexibility index (Phi) is 5.79. The lowest BCUT2D eigenvalue weighted by Crippen LogP contribution is -2.29. The predicted octanol–water partition coefficient (Wildman–Crippen LogP) is 4.76. The molecule has 3 heterocycles. The molecule has 0 aliphatic carbocycles. The van der Waals surface area contributed by atoms with Crippen molar-refractivity contribution in [3.05, 3.63) is 100 Å². The Morgan fingerprint density at radius 2 is 1.88 bits per heavy atom. The molecule has 0 fully saturated rings. The molecule has 0 unspecified atom stereocenters. The summed E-state index contributed by atoms with van der Waals surface area (Å²) < 4.78 is 7.40. The van der Waals surface area contributed by atoms with Crippen LogP contribution in [0.25, 0.3) is 6.20 Å². The zero-order valence-electron chi connectivity index (χ0n) is 18.2. The van der Waals surface area contributed by atoms with E-state index in [0.29, 0.717) is 23.5 Å². The van der Waals surface area contributed by atoms with Crippen molar-refractivity contribution in [1.29, 1.82) is 0 Å². The fourth-order valence-corrected chi connectivity index (χ4v) is 5.00. The van der Waals surface area contributed by atoms with E-state index in [1.807, 2.05) is 47.5 Å². The third-order valence-corrected chi connectivity index (χ3v) is 6.67. The number of ether oxygens (including phenoxy) is 1. The molecular formula is C26H23N3O3S. The van der Waals surface area contributed by atoms with Gasteiger partial charge in [0.1, 0.15) is 5.75 Å². The van der Waals surface area contributed by atoms with Crippen LogP contribution in [0, 0.1) is 0 Å². The highest BCUT2D eigenvalue weighted by Gasteiger charge is 2.28. The van der Waals surface area contributed by atoms with Gasteiger partial charge in [-0.15, -0.1) is 11.8 Å². The number of carbonyl (C=O) groups excluding carboxylic acids is 2. The number of rotatable bonds is 5. The number of aromatic nitrogens is 1. The van der Waals surface area contributed by atoms with Crippen molar-refractivity contribution in [1.82, 2.24) is 9.47 Å². The Morgan fingerprint density at radius 1 is 1.06 bits per heavy atom. The molecule has 0 saturated heterocycles. The van der Waals surface area contributed by atoms with Gasteiger partial charge in [0.2, 0.25) is 5.91 Å². The van der Waals surface area contributed by atoms with Crippen LogP contribution >= 0.6 is 11.8 Å². The van der Waals surface area contributed by atoms with Crippen molar-refractivity contribution < 1.29 is 14.3 Å². The summed E-state index contributed by atoms with van der Waals surface area (Å²) in [5.74, 6) is 1.34. The molecule has 1 N–H and O–H groups in total. The Hall–Kier alpha value is -3.71. The molecule has 0 spiro atoms. The Morgan fingerprint density at radius 3 is 2.70 bits per heavy atom. The Labute approximate surface area is 196 Å². The van der Waals surface area contributed by atoms with Crippen LogP contribution in [-0.2, 0) is 17.8 Å². The molecular weight excluding hydrogens is 434 g/mol. The number of para-hydroxylation sites is 1. The fraction of sp³-hybridized carbons (Fsp3) is 0.154. The average molecular weight is 458 g/mol. The first-order chi connectivity index (χ1) is 16.1. The van der Waals surface area contributed by atoms with E-state index >= 15 is 0 Å². The van der Waals surface area contributed by atoms with Crippen LogP contribution in [0.1, 0.15) is 21.6 Å². The summed E-state index contributed by atoms with van der Waals surface area (Å²) in [4.78, 5) is 28.8. The minimum atomic E-state index is -0.144. The predicted molar refractivity (Wildman–Crippen MR) is 131 cm³/mol.